The van der Waals surface area contributed by atoms with Gasteiger partial charge in [0.05, 0.1) is 6.26 Å². The van der Waals surface area contributed by atoms with Crippen molar-refractivity contribution in [3.05, 3.63) is 47.0 Å². The van der Waals surface area contributed by atoms with Crippen LogP contribution in [0, 0.1) is 0 Å². The summed E-state index contributed by atoms with van der Waals surface area (Å²) in [4.78, 5) is 11.1. The van der Waals surface area contributed by atoms with Gasteiger partial charge in [-0.05, 0) is 38.0 Å². The van der Waals surface area contributed by atoms with Crippen LogP contribution in [0.3, 0.4) is 0 Å². The van der Waals surface area contributed by atoms with E-state index in [1.54, 1.807) is 6.26 Å². The molecule has 1 aliphatic carbocycles. The molecule has 2 rings (SSSR count). The molecule has 0 N–H and O–H groups in total. The molecule has 1 heterocycles. The van der Waals surface area contributed by atoms with Crippen LogP contribution in [-0.2, 0) is 4.79 Å². The average molecular weight is 202 g/mol. The molecule has 0 radical (unpaired) electrons. The maximum Gasteiger partial charge on any atom is 0.147 e. The average Bonchev–Trinajstić information content (AvgIpc) is 2.69. The number of aldehydes is 1. The Bertz CT molecular complexity index is 421. The Morgan fingerprint density at radius 1 is 1.47 bits per heavy atom. The quantitative estimate of drug-likeness (QED) is 0.689. The molecule has 1 aliphatic rings. The van der Waals surface area contributed by atoms with Gasteiger partial charge in [-0.2, -0.15) is 0 Å². The van der Waals surface area contributed by atoms with Crippen LogP contribution in [0.2, 0.25) is 0 Å². The number of carbonyl (C=O) groups is 1. The first-order valence-electron chi connectivity index (χ1n) is 5.09. The van der Waals surface area contributed by atoms with E-state index in [9.17, 15) is 4.79 Å². The Hall–Kier alpha value is -1.57. The highest BCUT2D eigenvalue weighted by Gasteiger charge is 2.24. The molecule has 0 unspecified atom stereocenters. The summed E-state index contributed by atoms with van der Waals surface area (Å²) in [7, 11) is 0. The molecule has 1 aromatic rings. The third-order valence-electron chi connectivity index (χ3n) is 2.83. The minimum absolute atomic E-state index is 0.0995. The highest BCUT2D eigenvalue weighted by atomic mass is 16.3. The van der Waals surface area contributed by atoms with E-state index in [2.05, 4.69) is 13.0 Å². The van der Waals surface area contributed by atoms with E-state index < -0.39 is 0 Å². The topological polar surface area (TPSA) is 30.2 Å². The zero-order valence-corrected chi connectivity index (χ0v) is 8.99. The van der Waals surface area contributed by atoms with Crippen molar-refractivity contribution < 1.29 is 9.21 Å². The van der Waals surface area contributed by atoms with E-state index >= 15 is 0 Å². The van der Waals surface area contributed by atoms with E-state index in [0.717, 1.165) is 29.6 Å². The first-order valence-corrected chi connectivity index (χ1v) is 5.09. The molecule has 0 aromatic carbocycles. The second-order valence-corrected chi connectivity index (χ2v) is 4.02. The lowest BCUT2D eigenvalue weighted by Gasteiger charge is -2.21. The third-order valence-corrected chi connectivity index (χ3v) is 2.83. The Kier molecular flexibility index (Phi) is 2.58. The van der Waals surface area contributed by atoms with Gasteiger partial charge in [-0.1, -0.05) is 11.6 Å². The summed E-state index contributed by atoms with van der Waals surface area (Å²) in [6.45, 7) is 4.06. The van der Waals surface area contributed by atoms with Crippen LogP contribution >= 0.6 is 0 Å². The van der Waals surface area contributed by atoms with Gasteiger partial charge in [0.2, 0.25) is 0 Å². The second-order valence-electron chi connectivity index (χ2n) is 4.02. The maximum absolute atomic E-state index is 11.1. The fourth-order valence-electron chi connectivity index (χ4n) is 2.14. The molecule has 0 spiro atoms. The molecule has 78 valence electrons. The molecule has 0 amide bonds. The number of hydrogen-bond acceptors (Lipinski definition) is 2. The Labute approximate surface area is 89.3 Å². The van der Waals surface area contributed by atoms with E-state index in [-0.39, 0.29) is 5.92 Å². The summed E-state index contributed by atoms with van der Waals surface area (Å²) in [6, 6.07) is 3.79. The van der Waals surface area contributed by atoms with Gasteiger partial charge in [-0.15, -0.1) is 0 Å². The Morgan fingerprint density at radius 2 is 2.27 bits per heavy atom. The SMILES string of the molecule is CC1=CC(C)=C(C=O)[C@@H](c2ccco2)C1. The van der Waals surface area contributed by atoms with Crippen LogP contribution in [0.25, 0.3) is 0 Å². The van der Waals surface area contributed by atoms with Gasteiger partial charge >= 0.3 is 0 Å². The smallest absolute Gasteiger partial charge is 0.147 e. The fraction of sp³-hybridized carbons (Fsp3) is 0.308. The summed E-state index contributed by atoms with van der Waals surface area (Å²) in [5.41, 5.74) is 3.19. The summed E-state index contributed by atoms with van der Waals surface area (Å²) in [5, 5.41) is 0. The summed E-state index contributed by atoms with van der Waals surface area (Å²) in [6.07, 6.45) is 5.55. The minimum atomic E-state index is 0.0995. The molecule has 0 saturated carbocycles. The lowest BCUT2D eigenvalue weighted by atomic mass is 9.83. The molecule has 0 aliphatic heterocycles. The van der Waals surface area contributed by atoms with Crippen molar-refractivity contribution in [3.8, 4) is 0 Å². The number of hydrogen-bond donors (Lipinski definition) is 0. The van der Waals surface area contributed by atoms with Gasteiger partial charge in [0, 0.05) is 11.5 Å². The van der Waals surface area contributed by atoms with Crippen molar-refractivity contribution in [1.82, 2.24) is 0 Å². The van der Waals surface area contributed by atoms with Crippen molar-refractivity contribution in [3.63, 3.8) is 0 Å². The normalized spacial score (nSPS) is 21.5. The van der Waals surface area contributed by atoms with Gasteiger partial charge in [0.15, 0.2) is 0 Å². The van der Waals surface area contributed by atoms with E-state index in [1.165, 1.54) is 5.57 Å². The summed E-state index contributed by atoms with van der Waals surface area (Å²) in [5.74, 6) is 0.978. The summed E-state index contributed by atoms with van der Waals surface area (Å²) >= 11 is 0. The van der Waals surface area contributed by atoms with Crippen LogP contribution in [0.15, 0.2) is 45.6 Å². The lowest BCUT2D eigenvalue weighted by molar-refractivity contribution is -0.105. The maximum atomic E-state index is 11.1. The predicted molar refractivity (Wildman–Crippen MR) is 58.6 cm³/mol. The van der Waals surface area contributed by atoms with Crippen LogP contribution in [0.5, 0.6) is 0 Å². The highest BCUT2D eigenvalue weighted by Crippen LogP contribution is 2.36. The monoisotopic (exact) mass is 202 g/mol. The standard InChI is InChI=1S/C13H14O2/c1-9-6-10(2)12(8-14)11(7-9)13-4-3-5-15-13/h3-6,8,11H,7H2,1-2H3/t11-/m0/s1. The Morgan fingerprint density at radius 3 is 2.87 bits per heavy atom. The largest absolute Gasteiger partial charge is 0.469 e. The third kappa shape index (κ3) is 1.80. The zero-order chi connectivity index (χ0) is 10.8. The minimum Gasteiger partial charge on any atom is -0.469 e. The van der Waals surface area contributed by atoms with E-state index in [1.807, 2.05) is 19.1 Å². The number of allylic oxidation sites excluding steroid dienone is 4. The molecule has 0 saturated heterocycles. The van der Waals surface area contributed by atoms with Gasteiger partial charge in [0.1, 0.15) is 12.0 Å². The van der Waals surface area contributed by atoms with E-state index in [4.69, 9.17) is 4.42 Å². The number of carbonyl (C=O) groups excluding carboxylic acids is 1. The first-order chi connectivity index (χ1) is 7.22. The van der Waals surface area contributed by atoms with E-state index in [0.29, 0.717) is 0 Å². The highest BCUT2D eigenvalue weighted by molar-refractivity contribution is 5.78. The number of rotatable bonds is 2. The van der Waals surface area contributed by atoms with Crippen LogP contribution in [-0.4, -0.2) is 6.29 Å². The van der Waals surface area contributed by atoms with Gasteiger partial charge < -0.3 is 4.42 Å². The van der Waals surface area contributed by atoms with Gasteiger partial charge in [0.25, 0.3) is 0 Å². The fourth-order valence-corrected chi connectivity index (χ4v) is 2.14. The van der Waals surface area contributed by atoms with Crippen molar-refractivity contribution >= 4 is 6.29 Å². The lowest BCUT2D eigenvalue weighted by Crippen LogP contribution is -2.09. The van der Waals surface area contributed by atoms with Crippen LogP contribution < -0.4 is 0 Å². The molecular weight excluding hydrogens is 188 g/mol. The molecule has 2 heteroatoms. The van der Waals surface area contributed by atoms with Crippen molar-refractivity contribution in [1.29, 1.82) is 0 Å². The summed E-state index contributed by atoms with van der Waals surface area (Å²) < 4.78 is 5.38. The molecule has 0 fully saturated rings. The molecule has 15 heavy (non-hydrogen) atoms. The van der Waals surface area contributed by atoms with Gasteiger partial charge in [-0.3, -0.25) is 4.79 Å². The molecule has 2 nitrogen and oxygen atoms in total. The predicted octanol–water partition coefficient (Wildman–Crippen LogP) is 3.23. The zero-order valence-electron chi connectivity index (χ0n) is 8.99. The molecule has 0 bridgehead atoms. The van der Waals surface area contributed by atoms with Crippen LogP contribution in [0.1, 0.15) is 31.9 Å². The first kappa shape index (κ1) is 9.97. The van der Waals surface area contributed by atoms with Crippen molar-refractivity contribution in [2.45, 2.75) is 26.2 Å². The van der Waals surface area contributed by atoms with Crippen LogP contribution in [0.4, 0.5) is 0 Å². The molecule has 1 atom stereocenters. The molecule has 1 aromatic heterocycles. The second kappa shape index (κ2) is 3.89. The Balaban J connectivity index is 2.43. The van der Waals surface area contributed by atoms with Crippen molar-refractivity contribution in [2.75, 3.05) is 0 Å². The molecular formula is C13H14O2. The van der Waals surface area contributed by atoms with Crippen molar-refractivity contribution in [2.24, 2.45) is 0 Å². The number of furan rings is 1. The van der Waals surface area contributed by atoms with Gasteiger partial charge in [-0.25, -0.2) is 0 Å².